The molecule has 0 saturated carbocycles. The SMILES string of the molecule is CC(C)(C)OC(=O)[C@@H]1C=C[C@H](c2ccccc2)CC1. The Bertz CT molecular complexity index is 454. The molecule has 1 aromatic carbocycles. The molecule has 1 aliphatic carbocycles. The van der Waals surface area contributed by atoms with Crippen LogP contribution >= 0.6 is 0 Å². The predicted molar refractivity (Wildman–Crippen MR) is 76.9 cm³/mol. The smallest absolute Gasteiger partial charge is 0.313 e. The van der Waals surface area contributed by atoms with Crippen LogP contribution in [0.5, 0.6) is 0 Å². The van der Waals surface area contributed by atoms with E-state index >= 15 is 0 Å². The summed E-state index contributed by atoms with van der Waals surface area (Å²) in [6.07, 6.45) is 6.03. The predicted octanol–water partition coefficient (Wildman–Crippen LogP) is 4.08. The summed E-state index contributed by atoms with van der Waals surface area (Å²) in [6.45, 7) is 5.72. The summed E-state index contributed by atoms with van der Waals surface area (Å²) >= 11 is 0. The van der Waals surface area contributed by atoms with Crippen molar-refractivity contribution in [2.24, 2.45) is 5.92 Å². The van der Waals surface area contributed by atoms with E-state index in [4.69, 9.17) is 4.74 Å². The van der Waals surface area contributed by atoms with Gasteiger partial charge in [-0.25, -0.2) is 0 Å². The average Bonchev–Trinajstić information content (AvgIpc) is 2.38. The van der Waals surface area contributed by atoms with Gasteiger partial charge >= 0.3 is 5.97 Å². The highest BCUT2D eigenvalue weighted by molar-refractivity contribution is 5.75. The first-order chi connectivity index (χ1) is 8.96. The third-order valence-corrected chi connectivity index (χ3v) is 3.30. The van der Waals surface area contributed by atoms with Gasteiger partial charge in [-0.05, 0) is 39.2 Å². The molecule has 0 fully saturated rings. The second-order valence-corrected chi connectivity index (χ2v) is 6.12. The lowest BCUT2D eigenvalue weighted by Gasteiger charge is -2.26. The Morgan fingerprint density at radius 2 is 1.79 bits per heavy atom. The topological polar surface area (TPSA) is 26.3 Å². The lowest BCUT2D eigenvalue weighted by atomic mass is 9.84. The minimum Gasteiger partial charge on any atom is -0.460 e. The van der Waals surface area contributed by atoms with Crippen LogP contribution in [0.15, 0.2) is 42.5 Å². The van der Waals surface area contributed by atoms with E-state index in [1.165, 1.54) is 5.56 Å². The van der Waals surface area contributed by atoms with Crippen LogP contribution in [0.1, 0.15) is 45.1 Å². The van der Waals surface area contributed by atoms with Crippen molar-refractivity contribution in [1.29, 1.82) is 0 Å². The van der Waals surface area contributed by atoms with Gasteiger partial charge in [0.05, 0.1) is 5.92 Å². The van der Waals surface area contributed by atoms with Crippen molar-refractivity contribution in [2.75, 3.05) is 0 Å². The highest BCUT2D eigenvalue weighted by Crippen LogP contribution is 2.31. The maximum absolute atomic E-state index is 12.0. The highest BCUT2D eigenvalue weighted by Gasteiger charge is 2.26. The van der Waals surface area contributed by atoms with Crippen LogP contribution < -0.4 is 0 Å². The van der Waals surface area contributed by atoms with Crippen molar-refractivity contribution >= 4 is 5.97 Å². The van der Waals surface area contributed by atoms with Crippen molar-refractivity contribution in [2.45, 2.75) is 45.1 Å². The van der Waals surface area contributed by atoms with Crippen LogP contribution in [0.4, 0.5) is 0 Å². The van der Waals surface area contributed by atoms with E-state index in [1.807, 2.05) is 32.9 Å². The molecule has 1 aromatic rings. The fraction of sp³-hybridized carbons (Fsp3) is 0.471. The Hall–Kier alpha value is -1.57. The molecule has 2 nitrogen and oxygen atoms in total. The molecular weight excluding hydrogens is 236 g/mol. The summed E-state index contributed by atoms with van der Waals surface area (Å²) in [5.41, 5.74) is 0.919. The van der Waals surface area contributed by atoms with Crippen molar-refractivity contribution in [3.8, 4) is 0 Å². The molecule has 0 aromatic heterocycles. The van der Waals surface area contributed by atoms with Crippen LogP contribution in [0.25, 0.3) is 0 Å². The van der Waals surface area contributed by atoms with E-state index in [0.717, 1.165) is 12.8 Å². The molecule has 1 aliphatic rings. The molecule has 102 valence electrons. The number of hydrogen-bond acceptors (Lipinski definition) is 2. The molecule has 0 aliphatic heterocycles. The highest BCUT2D eigenvalue weighted by atomic mass is 16.6. The Morgan fingerprint density at radius 3 is 2.32 bits per heavy atom. The summed E-state index contributed by atoms with van der Waals surface area (Å²) in [4.78, 5) is 12.0. The van der Waals surface area contributed by atoms with Crippen LogP contribution in [-0.2, 0) is 9.53 Å². The van der Waals surface area contributed by atoms with E-state index < -0.39 is 5.60 Å². The fourth-order valence-corrected chi connectivity index (χ4v) is 2.37. The quantitative estimate of drug-likeness (QED) is 0.590. The Balaban J connectivity index is 1.98. The molecule has 0 N–H and O–H groups in total. The minimum absolute atomic E-state index is 0.0841. The largest absolute Gasteiger partial charge is 0.460 e. The lowest BCUT2D eigenvalue weighted by Crippen LogP contribution is -2.29. The third-order valence-electron chi connectivity index (χ3n) is 3.30. The standard InChI is InChI=1S/C17H22O2/c1-17(2,3)19-16(18)15-11-9-14(10-12-15)13-7-5-4-6-8-13/h4-9,11,14-15H,10,12H2,1-3H3/t14-,15+/m0/s1. The second-order valence-electron chi connectivity index (χ2n) is 6.12. The number of allylic oxidation sites excluding steroid dienone is 1. The van der Waals surface area contributed by atoms with E-state index in [1.54, 1.807) is 0 Å². The van der Waals surface area contributed by atoms with Crippen molar-refractivity contribution < 1.29 is 9.53 Å². The number of carbonyl (C=O) groups is 1. The van der Waals surface area contributed by atoms with E-state index in [0.29, 0.717) is 5.92 Å². The maximum Gasteiger partial charge on any atom is 0.313 e. The first-order valence-electron chi connectivity index (χ1n) is 6.92. The van der Waals surface area contributed by atoms with Gasteiger partial charge in [0, 0.05) is 5.92 Å². The molecule has 19 heavy (non-hydrogen) atoms. The zero-order chi connectivity index (χ0) is 13.9. The van der Waals surface area contributed by atoms with E-state index in [-0.39, 0.29) is 11.9 Å². The average molecular weight is 258 g/mol. The van der Waals surface area contributed by atoms with Gasteiger partial charge in [0.25, 0.3) is 0 Å². The number of rotatable bonds is 2. The van der Waals surface area contributed by atoms with Gasteiger partial charge in [-0.2, -0.15) is 0 Å². The fourth-order valence-electron chi connectivity index (χ4n) is 2.37. The van der Waals surface area contributed by atoms with Gasteiger partial charge in [0.15, 0.2) is 0 Å². The van der Waals surface area contributed by atoms with Crippen molar-refractivity contribution in [3.05, 3.63) is 48.0 Å². The normalized spacial score (nSPS) is 23.1. The lowest BCUT2D eigenvalue weighted by molar-refractivity contribution is -0.158. The minimum atomic E-state index is -0.402. The Morgan fingerprint density at radius 1 is 1.11 bits per heavy atom. The van der Waals surface area contributed by atoms with Crippen molar-refractivity contribution in [3.63, 3.8) is 0 Å². The number of hydrogen-bond donors (Lipinski definition) is 0. The zero-order valence-electron chi connectivity index (χ0n) is 11.9. The molecule has 0 spiro atoms. The van der Waals surface area contributed by atoms with Gasteiger partial charge in [-0.3, -0.25) is 4.79 Å². The molecule has 0 saturated heterocycles. The Labute approximate surface area is 115 Å². The van der Waals surface area contributed by atoms with Gasteiger partial charge in [0.1, 0.15) is 5.60 Å². The summed E-state index contributed by atoms with van der Waals surface area (Å²) in [5, 5.41) is 0. The number of esters is 1. The molecule has 2 atom stereocenters. The maximum atomic E-state index is 12.0. The number of ether oxygens (including phenoxy) is 1. The van der Waals surface area contributed by atoms with E-state index in [9.17, 15) is 4.79 Å². The van der Waals surface area contributed by atoms with Crippen LogP contribution in [0.3, 0.4) is 0 Å². The molecule has 2 rings (SSSR count). The molecule has 2 heteroatoms. The van der Waals surface area contributed by atoms with E-state index in [2.05, 4.69) is 30.3 Å². The molecule has 0 amide bonds. The van der Waals surface area contributed by atoms with Gasteiger partial charge in [-0.15, -0.1) is 0 Å². The molecular formula is C17H22O2. The van der Waals surface area contributed by atoms with Crippen LogP contribution in [-0.4, -0.2) is 11.6 Å². The summed E-state index contributed by atoms with van der Waals surface area (Å²) in [6, 6.07) is 10.4. The first-order valence-corrected chi connectivity index (χ1v) is 6.92. The third kappa shape index (κ3) is 3.95. The summed E-state index contributed by atoms with van der Waals surface area (Å²) in [7, 11) is 0. The summed E-state index contributed by atoms with van der Waals surface area (Å²) in [5.74, 6) is 0.245. The molecule has 0 unspecified atom stereocenters. The zero-order valence-corrected chi connectivity index (χ0v) is 11.9. The van der Waals surface area contributed by atoms with Crippen molar-refractivity contribution in [1.82, 2.24) is 0 Å². The van der Waals surface area contributed by atoms with Gasteiger partial charge in [-0.1, -0.05) is 42.5 Å². The number of benzene rings is 1. The van der Waals surface area contributed by atoms with Gasteiger partial charge < -0.3 is 4.74 Å². The Kier molecular flexibility index (Phi) is 4.08. The molecule has 0 radical (unpaired) electrons. The second kappa shape index (κ2) is 5.60. The van der Waals surface area contributed by atoms with Crippen LogP contribution in [0, 0.1) is 5.92 Å². The van der Waals surface area contributed by atoms with Gasteiger partial charge in [0.2, 0.25) is 0 Å². The summed E-state index contributed by atoms with van der Waals surface area (Å²) < 4.78 is 5.43. The first kappa shape index (κ1) is 13.9. The molecule has 0 bridgehead atoms. The molecule has 0 heterocycles. The number of carbonyl (C=O) groups excluding carboxylic acids is 1. The monoisotopic (exact) mass is 258 g/mol. The van der Waals surface area contributed by atoms with Crippen LogP contribution in [0.2, 0.25) is 0 Å².